The first-order valence-electron chi connectivity index (χ1n) is 16.5. The number of hydrogen-bond acceptors (Lipinski definition) is 7. The molecule has 4 aromatic rings. The summed E-state index contributed by atoms with van der Waals surface area (Å²) in [7, 11) is 2.13. The Morgan fingerprint density at radius 2 is 1.54 bits per heavy atom. The number of hydrogen-bond donors (Lipinski definition) is 4. The molecule has 4 aromatic carbocycles. The second-order valence-electron chi connectivity index (χ2n) is 12.4. The van der Waals surface area contributed by atoms with E-state index in [1.165, 1.54) is 5.56 Å². The molecule has 0 saturated carbocycles. The number of nitrogens with zero attached hydrogens (tertiary/aromatic N) is 1. The van der Waals surface area contributed by atoms with Crippen molar-refractivity contribution in [3.8, 4) is 11.1 Å². The summed E-state index contributed by atoms with van der Waals surface area (Å²) >= 11 is 0. The second kappa shape index (κ2) is 17.1. The second-order valence-corrected chi connectivity index (χ2v) is 12.4. The highest BCUT2D eigenvalue weighted by atomic mass is 16.7. The monoisotopic (exact) mass is 651 g/mol. The van der Waals surface area contributed by atoms with E-state index in [-0.39, 0.29) is 43.6 Å². The van der Waals surface area contributed by atoms with Crippen LogP contribution >= 0.6 is 0 Å². The number of amides is 2. The van der Waals surface area contributed by atoms with Crippen LogP contribution in [0.5, 0.6) is 0 Å². The quantitative estimate of drug-likeness (QED) is 0.0923. The zero-order valence-corrected chi connectivity index (χ0v) is 27.5. The van der Waals surface area contributed by atoms with Crippen LogP contribution in [0.25, 0.3) is 11.1 Å². The Morgan fingerprint density at radius 3 is 2.27 bits per heavy atom. The van der Waals surface area contributed by atoms with Crippen LogP contribution in [0, 0.1) is 0 Å². The van der Waals surface area contributed by atoms with Gasteiger partial charge in [-0.3, -0.25) is 19.7 Å². The molecular formula is C39H45N3O6. The molecule has 252 valence electrons. The van der Waals surface area contributed by atoms with E-state index in [0.29, 0.717) is 19.4 Å². The van der Waals surface area contributed by atoms with Gasteiger partial charge in [-0.15, -0.1) is 0 Å². The van der Waals surface area contributed by atoms with Crippen LogP contribution in [0.3, 0.4) is 0 Å². The average Bonchev–Trinajstić information content (AvgIpc) is 3.14. The summed E-state index contributed by atoms with van der Waals surface area (Å²) in [5, 5.41) is 21.1. The minimum atomic E-state index is -0.581. The minimum absolute atomic E-state index is 0.00575. The first-order valence-corrected chi connectivity index (χ1v) is 16.5. The Balaban J connectivity index is 1.31. The third-order valence-corrected chi connectivity index (χ3v) is 8.89. The highest BCUT2D eigenvalue weighted by Crippen LogP contribution is 2.39. The van der Waals surface area contributed by atoms with Crippen molar-refractivity contribution < 1.29 is 29.4 Å². The van der Waals surface area contributed by atoms with Crippen molar-refractivity contribution in [2.24, 2.45) is 0 Å². The fourth-order valence-electron chi connectivity index (χ4n) is 5.98. The summed E-state index contributed by atoms with van der Waals surface area (Å²) in [6, 6.07) is 34.8. The highest BCUT2D eigenvalue weighted by molar-refractivity contribution is 5.78. The van der Waals surface area contributed by atoms with E-state index in [1.807, 2.05) is 66.7 Å². The maximum atomic E-state index is 12.3. The lowest BCUT2D eigenvalue weighted by molar-refractivity contribution is -0.253. The number of benzene rings is 4. The number of ether oxygens (including phenoxy) is 2. The van der Waals surface area contributed by atoms with Gasteiger partial charge in [0.05, 0.1) is 18.8 Å². The SMILES string of the molecule is C[C@@H](c1ccccc1)N(C)C[C@@H]1C[C@H](c2ccc(CO)cc2)O[C@H](c2cccc(-c3cccc(CNC(=O)CCCC(=O)NO)c3)c2)O1. The Morgan fingerprint density at radius 1 is 0.833 bits per heavy atom. The molecule has 0 radical (unpaired) electrons. The van der Waals surface area contributed by atoms with Gasteiger partial charge in [-0.2, -0.15) is 0 Å². The minimum Gasteiger partial charge on any atom is -0.392 e. The number of rotatable bonds is 14. The van der Waals surface area contributed by atoms with Gasteiger partial charge < -0.3 is 19.9 Å². The van der Waals surface area contributed by atoms with Crippen LogP contribution < -0.4 is 10.8 Å². The van der Waals surface area contributed by atoms with Crippen molar-refractivity contribution in [2.75, 3.05) is 13.6 Å². The number of carbonyl (C=O) groups is 2. The maximum absolute atomic E-state index is 12.3. The lowest BCUT2D eigenvalue weighted by atomic mass is 9.98. The molecule has 4 atom stereocenters. The van der Waals surface area contributed by atoms with E-state index in [0.717, 1.165) is 39.9 Å². The first kappa shape index (κ1) is 34.9. The molecule has 0 aromatic heterocycles. The molecule has 0 aliphatic carbocycles. The van der Waals surface area contributed by atoms with Crippen LogP contribution in [0.1, 0.15) is 78.9 Å². The van der Waals surface area contributed by atoms with Crippen molar-refractivity contribution in [3.05, 3.63) is 131 Å². The highest BCUT2D eigenvalue weighted by Gasteiger charge is 2.33. The third kappa shape index (κ3) is 9.59. The van der Waals surface area contributed by atoms with Crippen molar-refractivity contribution in [1.82, 2.24) is 15.7 Å². The largest absolute Gasteiger partial charge is 0.392 e. The van der Waals surface area contributed by atoms with Crippen molar-refractivity contribution in [2.45, 2.75) is 70.3 Å². The Bertz CT molecular complexity index is 1630. The molecule has 2 amide bonds. The first-order chi connectivity index (χ1) is 23.3. The summed E-state index contributed by atoms with van der Waals surface area (Å²) in [5.74, 6) is -0.659. The summed E-state index contributed by atoms with van der Waals surface area (Å²) < 4.78 is 13.3. The molecule has 9 heteroatoms. The molecule has 5 rings (SSSR count). The van der Waals surface area contributed by atoms with Crippen LogP contribution in [-0.2, 0) is 32.2 Å². The van der Waals surface area contributed by atoms with Gasteiger partial charge in [0.15, 0.2) is 6.29 Å². The number of carbonyl (C=O) groups excluding carboxylic acids is 2. The Hall–Kier alpha value is -4.38. The van der Waals surface area contributed by atoms with E-state index in [9.17, 15) is 14.7 Å². The van der Waals surface area contributed by atoms with Crippen LogP contribution in [-0.4, -0.2) is 46.7 Å². The molecule has 1 heterocycles. The zero-order valence-electron chi connectivity index (χ0n) is 27.5. The normalized spacial score (nSPS) is 18.3. The van der Waals surface area contributed by atoms with E-state index in [1.54, 1.807) is 5.48 Å². The van der Waals surface area contributed by atoms with Gasteiger partial charge in [0.25, 0.3) is 0 Å². The molecule has 0 bridgehead atoms. The number of hydroxylamine groups is 1. The summed E-state index contributed by atoms with van der Waals surface area (Å²) in [6.07, 6.45) is 0.488. The van der Waals surface area contributed by atoms with Gasteiger partial charge in [-0.05, 0) is 65.9 Å². The lowest BCUT2D eigenvalue weighted by Gasteiger charge is -2.39. The maximum Gasteiger partial charge on any atom is 0.243 e. The number of aliphatic hydroxyl groups is 1. The van der Waals surface area contributed by atoms with E-state index >= 15 is 0 Å². The van der Waals surface area contributed by atoms with Crippen LogP contribution in [0.15, 0.2) is 103 Å². The van der Waals surface area contributed by atoms with Gasteiger partial charge in [0, 0.05) is 44.0 Å². The van der Waals surface area contributed by atoms with Gasteiger partial charge in [-0.25, -0.2) is 5.48 Å². The van der Waals surface area contributed by atoms with Crippen LogP contribution in [0.4, 0.5) is 0 Å². The molecule has 1 saturated heterocycles. The lowest BCUT2D eigenvalue weighted by Crippen LogP contribution is -2.38. The molecule has 0 spiro atoms. The average molecular weight is 652 g/mol. The van der Waals surface area contributed by atoms with Crippen molar-refractivity contribution >= 4 is 11.8 Å². The fourth-order valence-corrected chi connectivity index (χ4v) is 5.98. The molecule has 4 N–H and O–H groups in total. The number of likely N-dealkylation sites (N-methyl/N-ethyl adjacent to an activating group) is 1. The van der Waals surface area contributed by atoms with Crippen LogP contribution in [0.2, 0.25) is 0 Å². The summed E-state index contributed by atoms with van der Waals surface area (Å²) in [4.78, 5) is 25.8. The number of nitrogens with one attached hydrogen (secondary N) is 2. The fraction of sp³-hybridized carbons (Fsp3) is 0.333. The van der Waals surface area contributed by atoms with Gasteiger partial charge in [0.1, 0.15) is 0 Å². The standard InChI is InChI=1S/C39H45N3O6/c1-27(30-10-4-3-5-11-30)42(2)25-35-23-36(31-19-17-28(26-43)18-20-31)48-39(47-35)34-14-7-13-33(22-34)32-12-6-9-29(21-32)24-40-37(44)15-8-16-38(45)41-46/h3-7,9-14,17-22,27,35-36,39,43,46H,8,15-16,23-26H2,1-2H3,(H,40,44)(H,41,45)/t27-,35-,36+,39+/m0/s1. The molecule has 1 aliphatic heterocycles. The summed E-state index contributed by atoms with van der Waals surface area (Å²) in [6.45, 7) is 3.29. The van der Waals surface area contributed by atoms with Crippen molar-refractivity contribution in [3.63, 3.8) is 0 Å². The number of aliphatic hydroxyl groups excluding tert-OH is 1. The zero-order chi connectivity index (χ0) is 33.9. The van der Waals surface area contributed by atoms with E-state index < -0.39 is 12.2 Å². The topological polar surface area (TPSA) is 120 Å². The molecule has 1 aliphatic rings. The Labute approximate surface area is 282 Å². The van der Waals surface area contributed by atoms with Gasteiger partial charge in [-0.1, -0.05) is 91.0 Å². The van der Waals surface area contributed by atoms with E-state index in [4.69, 9.17) is 14.7 Å². The predicted molar refractivity (Wildman–Crippen MR) is 183 cm³/mol. The molecule has 0 unspecified atom stereocenters. The molecule has 48 heavy (non-hydrogen) atoms. The molecule has 9 nitrogen and oxygen atoms in total. The van der Waals surface area contributed by atoms with E-state index in [2.05, 4.69) is 60.6 Å². The smallest absolute Gasteiger partial charge is 0.243 e. The van der Waals surface area contributed by atoms with Gasteiger partial charge >= 0.3 is 0 Å². The van der Waals surface area contributed by atoms with Crippen molar-refractivity contribution in [1.29, 1.82) is 0 Å². The van der Waals surface area contributed by atoms with Gasteiger partial charge in [0.2, 0.25) is 11.8 Å². The Kier molecular flexibility index (Phi) is 12.5. The molecule has 1 fully saturated rings. The third-order valence-electron chi connectivity index (χ3n) is 8.89. The predicted octanol–water partition coefficient (Wildman–Crippen LogP) is 6.38. The summed E-state index contributed by atoms with van der Waals surface area (Å²) in [5.41, 5.74) is 8.61. The molecular weight excluding hydrogens is 606 g/mol.